The molecule has 0 saturated heterocycles. The van der Waals surface area contributed by atoms with E-state index in [1.807, 2.05) is 13.8 Å². The number of allylic oxidation sites excluding steroid dienone is 1. The van der Waals surface area contributed by atoms with E-state index in [2.05, 4.69) is 34.3 Å². The number of carbonyl (C=O) groups excluding carboxylic acids is 1. The van der Waals surface area contributed by atoms with Crippen molar-refractivity contribution in [3.8, 4) is 0 Å². The minimum Gasteiger partial charge on any atom is -0.462 e. The van der Waals surface area contributed by atoms with Gasteiger partial charge in [-0.2, -0.15) is 0 Å². The Morgan fingerprint density at radius 2 is 1.63 bits per heavy atom. The van der Waals surface area contributed by atoms with E-state index in [1.54, 1.807) is 0 Å². The molecule has 0 spiro atoms. The number of ether oxygens (including phenoxy) is 1. The van der Waals surface area contributed by atoms with E-state index in [0.717, 1.165) is 51.4 Å². The highest BCUT2D eigenvalue weighted by atomic mass is 16.5. The van der Waals surface area contributed by atoms with Crippen LogP contribution in [0, 0.1) is 40.4 Å². The lowest BCUT2D eigenvalue weighted by molar-refractivity contribution is -0.195. The summed E-state index contributed by atoms with van der Waals surface area (Å²) in [5, 5.41) is 22.1. The second kappa shape index (κ2) is 10.9. The summed E-state index contributed by atoms with van der Waals surface area (Å²) in [7, 11) is 0. The van der Waals surface area contributed by atoms with Gasteiger partial charge in [0.15, 0.2) is 0 Å². The first-order chi connectivity index (χ1) is 16.4. The predicted octanol–water partition coefficient (Wildman–Crippen LogP) is 7.07. The van der Waals surface area contributed by atoms with Crippen LogP contribution >= 0.6 is 0 Å². The van der Waals surface area contributed by atoms with Gasteiger partial charge in [0.2, 0.25) is 0 Å². The van der Waals surface area contributed by atoms with Crippen molar-refractivity contribution in [3.05, 3.63) is 12.2 Å². The van der Waals surface area contributed by atoms with Crippen LogP contribution in [0.5, 0.6) is 0 Å². The Morgan fingerprint density at radius 1 is 1.00 bits per heavy atom. The Balaban J connectivity index is 0.00000167. The van der Waals surface area contributed by atoms with E-state index in [9.17, 15) is 15.0 Å². The summed E-state index contributed by atoms with van der Waals surface area (Å²) in [6, 6.07) is 0. The molecule has 2 N–H and O–H groups in total. The maximum atomic E-state index is 12.0. The van der Waals surface area contributed by atoms with Gasteiger partial charge >= 0.3 is 5.97 Å². The fourth-order valence-electron chi connectivity index (χ4n) is 9.53. The van der Waals surface area contributed by atoms with Crippen LogP contribution < -0.4 is 0 Å². The molecule has 4 aliphatic carbocycles. The van der Waals surface area contributed by atoms with Crippen LogP contribution in [0.4, 0.5) is 0 Å². The number of carbonyl (C=O) groups is 1. The maximum absolute atomic E-state index is 12.0. The summed E-state index contributed by atoms with van der Waals surface area (Å²) in [6.07, 6.45) is 10.7. The number of hydrogen-bond donors (Lipinski definition) is 2. The van der Waals surface area contributed by atoms with Gasteiger partial charge in [-0.15, -0.1) is 6.58 Å². The predicted molar refractivity (Wildman–Crippen MR) is 143 cm³/mol. The van der Waals surface area contributed by atoms with Gasteiger partial charge in [0.1, 0.15) is 6.10 Å². The van der Waals surface area contributed by atoms with Crippen LogP contribution in [-0.4, -0.2) is 34.0 Å². The van der Waals surface area contributed by atoms with Crippen molar-refractivity contribution in [1.29, 1.82) is 0 Å². The fraction of sp³-hybridized carbons (Fsp3) is 0.903. The SMILES string of the molecule is C=C(C)CCC[C@](C)(O)[C@H]1CC[C@H]2[C@@H]3C[C@H](OC(C)=O)[C@H]4C[C@@H](O)CC[C@]4(C)[C@H]3CC[C@@]21C.CC. The smallest absolute Gasteiger partial charge is 0.302 e. The first-order valence-corrected chi connectivity index (χ1v) is 14.6. The van der Waals surface area contributed by atoms with Crippen LogP contribution in [0.1, 0.15) is 119 Å². The lowest BCUT2D eigenvalue weighted by atomic mass is 9.43. The molecule has 0 aromatic heterocycles. The molecule has 10 atom stereocenters. The number of fused-ring (bicyclic) bond motifs is 5. The Bertz CT molecular complexity index is 759. The highest BCUT2D eigenvalue weighted by Gasteiger charge is 2.64. The van der Waals surface area contributed by atoms with Gasteiger partial charge in [-0.05, 0) is 119 Å². The molecule has 35 heavy (non-hydrogen) atoms. The Labute approximate surface area is 215 Å². The van der Waals surface area contributed by atoms with E-state index in [-0.39, 0.29) is 34.9 Å². The molecule has 4 fully saturated rings. The molecule has 0 aromatic rings. The molecule has 0 unspecified atom stereocenters. The molecule has 4 heteroatoms. The largest absolute Gasteiger partial charge is 0.462 e. The van der Waals surface area contributed by atoms with Crippen LogP contribution in [0.25, 0.3) is 0 Å². The van der Waals surface area contributed by atoms with E-state index < -0.39 is 5.60 Å². The first-order valence-electron chi connectivity index (χ1n) is 14.6. The van der Waals surface area contributed by atoms with Crippen LogP contribution in [-0.2, 0) is 9.53 Å². The zero-order valence-electron chi connectivity index (χ0n) is 23.7. The van der Waals surface area contributed by atoms with Crippen molar-refractivity contribution in [2.24, 2.45) is 40.4 Å². The molecule has 0 radical (unpaired) electrons. The van der Waals surface area contributed by atoms with Crippen molar-refractivity contribution >= 4 is 5.97 Å². The van der Waals surface area contributed by atoms with Crippen LogP contribution in [0.15, 0.2) is 12.2 Å². The van der Waals surface area contributed by atoms with E-state index >= 15 is 0 Å². The summed E-state index contributed by atoms with van der Waals surface area (Å²) in [4.78, 5) is 12.0. The zero-order valence-corrected chi connectivity index (χ0v) is 23.7. The van der Waals surface area contributed by atoms with Gasteiger partial charge in [0, 0.05) is 12.8 Å². The zero-order chi connectivity index (χ0) is 26.2. The average molecular weight is 491 g/mol. The maximum Gasteiger partial charge on any atom is 0.302 e. The lowest BCUT2D eigenvalue weighted by Crippen LogP contribution is -2.59. The number of hydrogen-bond acceptors (Lipinski definition) is 4. The molecule has 4 rings (SSSR count). The van der Waals surface area contributed by atoms with Gasteiger partial charge in [-0.3, -0.25) is 4.79 Å². The molecule has 4 nitrogen and oxygen atoms in total. The van der Waals surface area contributed by atoms with Crippen molar-refractivity contribution in [3.63, 3.8) is 0 Å². The molecule has 4 saturated carbocycles. The van der Waals surface area contributed by atoms with E-state index in [4.69, 9.17) is 4.74 Å². The third kappa shape index (κ3) is 5.40. The minimum absolute atomic E-state index is 0.0822. The molecule has 0 heterocycles. The molecule has 0 amide bonds. The molecule has 4 aliphatic rings. The fourth-order valence-corrected chi connectivity index (χ4v) is 9.53. The van der Waals surface area contributed by atoms with Crippen LogP contribution in [0.3, 0.4) is 0 Å². The Morgan fingerprint density at radius 3 is 2.26 bits per heavy atom. The van der Waals surface area contributed by atoms with Crippen LogP contribution in [0.2, 0.25) is 0 Å². The number of aliphatic hydroxyl groups excluding tert-OH is 1. The summed E-state index contributed by atoms with van der Waals surface area (Å²) in [5.74, 6) is 2.15. The van der Waals surface area contributed by atoms with E-state index in [0.29, 0.717) is 23.7 Å². The summed E-state index contributed by atoms with van der Waals surface area (Å²) in [5.41, 5.74) is 0.829. The van der Waals surface area contributed by atoms with Crippen molar-refractivity contribution in [1.82, 2.24) is 0 Å². The number of esters is 1. The number of rotatable bonds is 6. The quantitative estimate of drug-likeness (QED) is 0.309. The summed E-state index contributed by atoms with van der Waals surface area (Å²) in [6.45, 7) is 18.6. The third-order valence-electron chi connectivity index (χ3n) is 11.0. The second-order valence-electron chi connectivity index (χ2n) is 13.1. The summed E-state index contributed by atoms with van der Waals surface area (Å²) >= 11 is 0. The molecular weight excluding hydrogens is 436 g/mol. The highest BCUT2D eigenvalue weighted by Crippen LogP contribution is 2.69. The van der Waals surface area contributed by atoms with Gasteiger partial charge in [-0.25, -0.2) is 0 Å². The normalized spacial score (nSPS) is 44.0. The van der Waals surface area contributed by atoms with Gasteiger partial charge < -0.3 is 14.9 Å². The summed E-state index contributed by atoms with van der Waals surface area (Å²) < 4.78 is 5.97. The average Bonchev–Trinajstić information content (AvgIpc) is 3.14. The van der Waals surface area contributed by atoms with Gasteiger partial charge in [0.05, 0.1) is 11.7 Å². The topological polar surface area (TPSA) is 66.8 Å². The first kappa shape index (κ1) is 28.7. The molecule has 0 bridgehead atoms. The highest BCUT2D eigenvalue weighted by molar-refractivity contribution is 5.66. The minimum atomic E-state index is -0.642. The van der Waals surface area contributed by atoms with Gasteiger partial charge in [-0.1, -0.05) is 33.3 Å². The molecular formula is C31H54O4. The van der Waals surface area contributed by atoms with Crippen molar-refractivity contribution in [2.75, 3.05) is 0 Å². The third-order valence-corrected chi connectivity index (χ3v) is 11.0. The Kier molecular flexibility index (Phi) is 8.90. The molecule has 0 aliphatic heterocycles. The van der Waals surface area contributed by atoms with E-state index in [1.165, 1.54) is 31.8 Å². The standard InChI is InChI=1S/C29H48O4.C2H6/c1-18(2)8-7-13-29(6,32)26-10-9-22-21-17-25(33-19(3)30)24-16-20(31)11-14-27(24,4)23(21)12-15-28(22,26)5;1-2/h20-26,31-32H,1,7-17H2,2-6H3;1-2H3/t20-,21-,22-,23-,24+,25-,26-,27+,28-,29-;/m0./s1. The monoisotopic (exact) mass is 490 g/mol. The molecule has 202 valence electrons. The lowest BCUT2D eigenvalue weighted by Gasteiger charge is -2.62. The number of aliphatic hydroxyl groups is 2. The van der Waals surface area contributed by atoms with Gasteiger partial charge in [0.25, 0.3) is 0 Å². The Hall–Kier alpha value is -0.870. The van der Waals surface area contributed by atoms with Crippen molar-refractivity contribution in [2.45, 2.75) is 137 Å². The van der Waals surface area contributed by atoms with Crippen molar-refractivity contribution < 1.29 is 19.7 Å². The second-order valence-corrected chi connectivity index (χ2v) is 13.1. The molecule has 0 aromatic carbocycles.